The maximum atomic E-state index is 12.4. The first kappa shape index (κ1) is 17.8. The van der Waals surface area contributed by atoms with Crippen LogP contribution in [0.3, 0.4) is 0 Å². The van der Waals surface area contributed by atoms with Crippen LogP contribution in [-0.2, 0) is 16.0 Å². The smallest absolute Gasteiger partial charge is 0.410 e. The molecule has 2 fully saturated rings. The lowest BCUT2D eigenvalue weighted by Gasteiger charge is -2.37. The summed E-state index contributed by atoms with van der Waals surface area (Å²) < 4.78 is 10.9. The molecule has 1 aromatic rings. The first-order chi connectivity index (χ1) is 11.9. The quantitative estimate of drug-likeness (QED) is 0.816. The zero-order valence-electron chi connectivity index (χ0n) is 15.3. The van der Waals surface area contributed by atoms with E-state index in [2.05, 4.69) is 19.0 Å². The van der Waals surface area contributed by atoms with Gasteiger partial charge in [-0.05, 0) is 20.3 Å². The highest BCUT2D eigenvalue weighted by Crippen LogP contribution is 2.34. The third kappa shape index (κ3) is 3.80. The van der Waals surface area contributed by atoms with Crippen molar-refractivity contribution in [3.63, 3.8) is 0 Å². The number of amides is 2. The van der Waals surface area contributed by atoms with E-state index in [1.165, 1.54) is 0 Å². The van der Waals surface area contributed by atoms with Crippen molar-refractivity contribution in [3.8, 4) is 0 Å². The molecule has 7 nitrogen and oxygen atoms in total. The van der Waals surface area contributed by atoms with E-state index < -0.39 is 5.60 Å². The number of aryl methyl sites for hydroxylation is 1. The molecule has 0 aliphatic carbocycles. The summed E-state index contributed by atoms with van der Waals surface area (Å²) in [5.41, 5.74) is 0.346. The Hall–Kier alpha value is -2.05. The predicted octanol–water partition coefficient (Wildman–Crippen LogP) is 2.53. The van der Waals surface area contributed by atoms with E-state index in [0.717, 1.165) is 18.5 Å². The first-order valence-corrected chi connectivity index (χ1v) is 9.12. The molecule has 1 atom stereocenters. The molecule has 0 radical (unpaired) electrons. The lowest BCUT2D eigenvalue weighted by Crippen LogP contribution is -2.49. The SMILES string of the molecule is CCCC(C)N1CC2(CCN(C(=O)Cc3cc(C)no3)CC2)OC1=O. The third-order valence-electron chi connectivity index (χ3n) is 5.26. The molecule has 1 unspecified atom stereocenters. The van der Waals surface area contributed by atoms with E-state index in [9.17, 15) is 9.59 Å². The van der Waals surface area contributed by atoms with Gasteiger partial charge in [-0.2, -0.15) is 0 Å². The van der Waals surface area contributed by atoms with Crippen molar-refractivity contribution >= 4 is 12.0 Å². The Balaban J connectivity index is 1.54. The molecular formula is C18H27N3O4. The van der Waals surface area contributed by atoms with Gasteiger partial charge in [0, 0.05) is 38.0 Å². The fourth-order valence-corrected chi connectivity index (χ4v) is 3.74. The molecule has 0 bridgehead atoms. The number of hydrogen-bond acceptors (Lipinski definition) is 5. The topological polar surface area (TPSA) is 75.9 Å². The van der Waals surface area contributed by atoms with Gasteiger partial charge in [0.25, 0.3) is 0 Å². The molecular weight excluding hydrogens is 322 g/mol. The minimum Gasteiger partial charge on any atom is -0.441 e. The lowest BCUT2D eigenvalue weighted by molar-refractivity contribution is -0.134. The molecule has 25 heavy (non-hydrogen) atoms. The van der Waals surface area contributed by atoms with Gasteiger partial charge in [-0.15, -0.1) is 0 Å². The number of aromatic nitrogens is 1. The van der Waals surface area contributed by atoms with Crippen LogP contribution >= 0.6 is 0 Å². The average molecular weight is 349 g/mol. The second-order valence-corrected chi connectivity index (χ2v) is 7.31. The van der Waals surface area contributed by atoms with Crippen molar-refractivity contribution in [2.75, 3.05) is 19.6 Å². The molecule has 1 aromatic heterocycles. The van der Waals surface area contributed by atoms with Crippen LogP contribution in [0.15, 0.2) is 10.6 Å². The maximum absolute atomic E-state index is 12.4. The van der Waals surface area contributed by atoms with Crippen molar-refractivity contribution in [3.05, 3.63) is 17.5 Å². The van der Waals surface area contributed by atoms with Crippen molar-refractivity contribution in [1.29, 1.82) is 0 Å². The first-order valence-electron chi connectivity index (χ1n) is 9.12. The molecule has 2 saturated heterocycles. The predicted molar refractivity (Wildman–Crippen MR) is 91.0 cm³/mol. The lowest BCUT2D eigenvalue weighted by atomic mass is 9.90. The molecule has 0 N–H and O–H groups in total. The van der Waals surface area contributed by atoms with Crippen LogP contribution in [0, 0.1) is 6.92 Å². The van der Waals surface area contributed by atoms with Gasteiger partial charge >= 0.3 is 6.09 Å². The van der Waals surface area contributed by atoms with E-state index in [4.69, 9.17) is 9.26 Å². The number of ether oxygens (including phenoxy) is 1. The van der Waals surface area contributed by atoms with Crippen LogP contribution in [0.5, 0.6) is 0 Å². The minimum atomic E-state index is -0.432. The normalized spacial score (nSPS) is 20.8. The van der Waals surface area contributed by atoms with Crippen molar-refractivity contribution in [2.24, 2.45) is 0 Å². The summed E-state index contributed by atoms with van der Waals surface area (Å²) in [6.07, 6.45) is 3.42. The highest BCUT2D eigenvalue weighted by molar-refractivity contribution is 5.78. The summed E-state index contributed by atoms with van der Waals surface area (Å²) >= 11 is 0. The zero-order chi connectivity index (χ0) is 18.0. The van der Waals surface area contributed by atoms with Crippen LogP contribution in [0.2, 0.25) is 0 Å². The monoisotopic (exact) mass is 349 g/mol. The Labute approximate surface area is 148 Å². The molecule has 7 heteroatoms. The molecule has 2 amide bonds. The van der Waals surface area contributed by atoms with Gasteiger partial charge in [0.2, 0.25) is 5.91 Å². The van der Waals surface area contributed by atoms with E-state index in [1.807, 2.05) is 16.7 Å². The van der Waals surface area contributed by atoms with E-state index >= 15 is 0 Å². The second kappa shape index (κ2) is 7.06. The Morgan fingerprint density at radius 1 is 1.40 bits per heavy atom. The van der Waals surface area contributed by atoms with Gasteiger partial charge in [0.1, 0.15) is 11.4 Å². The Bertz CT molecular complexity index is 634. The van der Waals surface area contributed by atoms with Gasteiger partial charge in [-0.3, -0.25) is 4.79 Å². The van der Waals surface area contributed by atoms with Gasteiger partial charge in [0.05, 0.1) is 18.7 Å². The number of likely N-dealkylation sites (tertiary alicyclic amines) is 1. The van der Waals surface area contributed by atoms with Crippen molar-refractivity contribution in [1.82, 2.24) is 15.0 Å². The summed E-state index contributed by atoms with van der Waals surface area (Å²) in [4.78, 5) is 28.3. The van der Waals surface area contributed by atoms with E-state index in [0.29, 0.717) is 38.2 Å². The van der Waals surface area contributed by atoms with Crippen LogP contribution in [0.1, 0.15) is 51.0 Å². The number of nitrogens with zero attached hydrogens (tertiary/aromatic N) is 3. The Morgan fingerprint density at radius 2 is 2.12 bits per heavy atom. The number of carbonyl (C=O) groups is 2. The standard InChI is InChI=1S/C18H27N3O4/c1-4-5-14(3)21-12-18(24-17(21)23)6-8-20(9-7-18)16(22)11-15-10-13(2)19-25-15/h10,14H,4-9,11-12H2,1-3H3. The third-order valence-corrected chi connectivity index (χ3v) is 5.26. The number of hydrogen-bond donors (Lipinski definition) is 0. The van der Waals surface area contributed by atoms with Crippen LogP contribution in [-0.4, -0.2) is 58.2 Å². The maximum Gasteiger partial charge on any atom is 0.410 e. The molecule has 3 rings (SSSR count). The van der Waals surface area contributed by atoms with Crippen molar-refractivity contribution < 1.29 is 18.8 Å². The van der Waals surface area contributed by atoms with E-state index in [-0.39, 0.29) is 24.5 Å². The molecule has 2 aliphatic rings. The summed E-state index contributed by atoms with van der Waals surface area (Å²) in [6.45, 7) is 7.87. The van der Waals surface area contributed by atoms with Crippen LogP contribution < -0.4 is 0 Å². The fraction of sp³-hybridized carbons (Fsp3) is 0.722. The number of piperidine rings is 1. The second-order valence-electron chi connectivity index (χ2n) is 7.31. The minimum absolute atomic E-state index is 0.0338. The summed E-state index contributed by atoms with van der Waals surface area (Å²) in [6, 6.07) is 1.99. The zero-order valence-corrected chi connectivity index (χ0v) is 15.3. The van der Waals surface area contributed by atoms with Gasteiger partial charge in [0.15, 0.2) is 0 Å². The highest BCUT2D eigenvalue weighted by Gasteiger charge is 2.48. The highest BCUT2D eigenvalue weighted by atomic mass is 16.6. The Morgan fingerprint density at radius 3 is 2.72 bits per heavy atom. The van der Waals surface area contributed by atoms with Gasteiger partial charge < -0.3 is 19.1 Å². The van der Waals surface area contributed by atoms with Crippen molar-refractivity contribution in [2.45, 2.75) is 64.5 Å². The summed E-state index contributed by atoms with van der Waals surface area (Å²) in [5.74, 6) is 0.626. The molecule has 0 aromatic carbocycles. The van der Waals surface area contributed by atoms with Crippen LogP contribution in [0.25, 0.3) is 0 Å². The molecule has 3 heterocycles. The van der Waals surface area contributed by atoms with Crippen LogP contribution in [0.4, 0.5) is 4.79 Å². The molecule has 0 saturated carbocycles. The molecule has 138 valence electrons. The molecule has 2 aliphatic heterocycles. The summed E-state index contributed by atoms with van der Waals surface area (Å²) in [7, 11) is 0. The number of carbonyl (C=O) groups excluding carboxylic acids is 2. The van der Waals surface area contributed by atoms with Gasteiger partial charge in [-0.1, -0.05) is 18.5 Å². The Kier molecular flexibility index (Phi) is 5.01. The summed E-state index contributed by atoms with van der Waals surface area (Å²) in [5, 5.41) is 3.81. The molecule has 1 spiro atoms. The largest absolute Gasteiger partial charge is 0.441 e. The fourth-order valence-electron chi connectivity index (χ4n) is 3.74. The number of rotatable bonds is 5. The van der Waals surface area contributed by atoms with E-state index in [1.54, 1.807) is 6.07 Å². The average Bonchev–Trinajstić information content (AvgIpc) is 3.12. The van der Waals surface area contributed by atoms with Gasteiger partial charge in [-0.25, -0.2) is 4.79 Å².